The van der Waals surface area contributed by atoms with Crippen molar-refractivity contribution in [1.82, 2.24) is 10.5 Å². The van der Waals surface area contributed by atoms with Gasteiger partial charge in [0.25, 0.3) is 0 Å². The van der Waals surface area contributed by atoms with Crippen LogP contribution in [0, 0.1) is 6.92 Å². The molecule has 0 fully saturated rings. The maximum atomic E-state index is 10.8. The summed E-state index contributed by atoms with van der Waals surface area (Å²) in [5, 5.41) is 6.38. The summed E-state index contributed by atoms with van der Waals surface area (Å²) in [4.78, 5) is 10.8. The maximum Gasteiger partial charge on any atom is 0.220 e. The molecule has 12 heavy (non-hydrogen) atoms. The molecule has 0 aliphatic rings. The number of aryl methyl sites for hydroxylation is 1. The summed E-state index contributed by atoms with van der Waals surface area (Å²) in [5.74, 6) is 0.707. The predicted molar refractivity (Wildman–Crippen MR) is 43.4 cm³/mol. The van der Waals surface area contributed by atoms with Crippen LogP contribution in [0.15, 0.2) is 10.6 Å². The van der Waals surface area contributed by atoms with Gasteiger partial charge in [-0.15, -0.1) is 0 Å². The topological polar surface area (TPSA) is 55.1 Å². The van der Waals surface area contributed by atoms with E-state index in [0.29, 0.717) is 18.7 Å². The van der Waals surface area contributed by atoms with Gasteiger partial charge in [-0.05, 0) is 6.92 Å². The molecule has 0 radical (unpaired) electrons. The Balaban J connectivity index is 2.38. The van der Waals surface area contributed by atoms with Crippen molar-refractivity contribution in [2.24, 2.45) is 0 Å². The van der Waals surface area contributed by atoms with E-state index < -0.39 is 0 Å². The third-order valence-corrected chi connectivity index (χ3v) is 1.46. The fraction of sp³-hybridized carbons (Fsp3) is 0.500. The quantitative estimate of drug-likeness (QED) is 0.732. The van der Waals surface area contributed by atoms with E-state index in [2.05, 4.69) is 10.5 Å². The summed E-state index contributed by atoms with van der Waals surface area (Å²) in [7, 11) is 0. The first kappa shape index (κ1) is 8.77. The summed E-state index contributed by atoms with van der Waals surface area (Å²) in [6.45, 7) is 4.07. The number of hydrogen-bond donors (Lipinski definition) is 1. The van der Waals surface area contributed by atoms with Crippen molar-refractivity contribution in [3.63, 3.8) is 0 Å². The average molecular weight is 168 g/mol. The Bertz CT molecular complexity index is 268. The third kappa shape index (κ3) is 2.38. The lowest BCUT2D eigenvalue weighted by Crippen LogP contribution is -2.20. The standard InChI is InChI=1S/C8H12N2O2/c1-3-8(11)9-5-7-4-6(2)10-12-7/h4H,3,5H2,1-2H3,(H,9,11). The zero-order valence-corrected chi connectivity index (χ0v) is 7.26. The van der Waals surface area contributed by atoms with Gasteiger partial charge in [-0.3, -0.25) is 4.79 Å². The molecule has 1 aromatic rings. The van der Waals surface area contributed by atoms with Crippen molar-refractivity contribution in [2.45, 2.75) is 26.8 Å². The highest BCUT2D eigenvalue weighted by Crippen LogP contribution is 2.00. The van der Waals surface area contributed by atoms with Crippen LogP contribution in [-0.2, 0) is 11.3 Å². The van der Waals surface area contributed by atoms with Gasteiger partial charge in [-0.2, -0.15) is 0 Å². The lowest BCUT2D eigenvalue weighted by atomic mass is 10.3. The molecule has 0 saturated carbocycles. The molecule has 0 bridgehead atoms. The van der Waals surface area contributed by atoms with Crippen molar-refractivity contribution in [3.8, 4) is 0 Å². The number of hydrogen-bond acceptors (Lipinski definition) is 3. The van der Waals surface area contributed by atoms with E-state index in [-0.39, 0.29) is 5.91 Å². The molecule has 1 rings (SSSR count). The fourth-order valence-corrected chi connectivity index (χ4v) is 0.810. The Morgan fingerprint density at radius 3 is 3.00 bits per heavy atom. The highest BCUT2D eigenvalue weighted by Gasteiger charge is 2.01. The lowest BCUT2D eigenvalue weighted by molar-refractivity contribution is -0.121. The van der Waals surface area contributed by atoms with Crippen molar-refractivity contribution < 1.29 is 9.32 Å². The minimum atomic E-state index is 0.0176. The first-order valence-electron chi connectivity index (χ1n) is 3.91. The molecule has 0 spiro atoms. The SMILES string of the molecule is CCC(=O)NCc1cc(C)no1. The summed E-state index contributed by atoms with van der Waals surface area (Å²) >= 11 is 0. The van der Waals surface area contributed by atoms with E-state index >= 15 is 0 Å². The zero-order chi connectivity index (χ0) is 8.97. The molecule has 4 nitrogen and oxygen atoms in total. The second-order valence-electron chi connectivity index (χ2n) is 2.56. The third-order valence-electron chi connectivity index (χ3n) is 1.46. The van der Waals surface area contributed by atoms with Gasteiger partial charge < -0.3 is 9.84 Å². The Labute approximate surface area is 70.9 Å². The normalized spacial score (nSPS) is 9.83. The van der Waals surface area contributed by atoms with E-state index in [4.69, 9.17) is 4.52 Å². The van der Waals surface area contributed by atoms with Crippen LogP contribution in [-0.4, -0.2) is 11.1 Å². The van der Waals surface area contributed by atoms with Gasteiger partial charge in [-0.1, -0.05) is 12.1 Å². The van der Waals surface area contributed by atoms with Crippen molar-refractivity contribution in [2.75, 3.05) is 0 Å². The van der Waals surface area contributed by atoms with Crippen LogP contribution >= 0.6 is 0 Å². The van der Waals surface area contributed by atoms with E-state index in [1.165, 1.54) is 0 Å². The van der Waals surface area contributed by atoms with Gasteiger partial charge >= 0.3 is 0 Å². The molecule has 0 saturated heterocycles. The number of nitrogens with zero attached hydrogens (tertiary/aromatic N) is 1. The Hall–Kier alpha value is -1.32. The second-order valence-corrected chi connectivity index (χ2v) is 2.56. The van der Waals surface area contributed by atoms with Gasteiger partial charge in [-0.25, -0.2) is 0 Å². The van der Waals surface area contributed by atoms with E-state index in [1.807, 2.05) is 6.92 Å². The number of rotatable bonds is 3. The highest BCUT2D eigenvalue weighted by molar-refractivity contribution is 5.75. The Morgan fingerprint density at radius 1 is 1.75 bits per heavy atom. The largest absolute Gasteiger partial charge is 0.359 e. The van der Waals surface area contributed by atoms with Crippen LogP contribution in [0.1, 0.15) is 24.8 Å². The second kappa shape index (κ2) is 3.90. The summed E-state index contributed by atoms with van der Waals surface area (Å²) in [5.41, 5.74) is 0.829. The summed E-state index contributed by atoms with van der Waals surface area (Å²) < 4.78 is 4.89. The number of nitrogens with one attached hydrogen (secondary N) is 1. The first-order valence-corrected chi connectivity index (χ1v) is 3.91. The van der Waals surface area contributed by atoms with Gasteiger partial charge in [0.05, 0.1) is 12.2 Å². The molecule has 4 heteroatoms. The van der Waals surface area contributed by atoms with Crippen LogP contribution in [0.3, 0.4) is 0 Å². The van der Waals surface area contributed by atoms with Crippen molar-refractivity contribution >= 4 is 5.91 Å². The molecule has 66 valence electrons. The molecule has 1 amide bonds. The smallest absolute Gasteiger partial charge is 0.220 e. The Kier molecular flexibility index (Phi) is 2.85. The van der Waals surface area contributed by atoms with Gasteiger partial charge in [0.15, 0.2) is 5.76 Å². The highest BCUT2D eigenvalue weighted by atomic mass is 16.5. The molecule has 0 atom stereocenters. The van der Waals surface area contributed by atoms with Crippen LogP contribution in [0.4, 0.5) is 0 Å². The molecular formula is C8H12N2O2. The van der Waals surface area contributed by atoms with Gasteiger partial charge in [0, 0.05) is 12.5 Å². The van der Waals surface area contributed by atoms with Gasteiger partial charge in [0.1, 0.15) is 0 Å². The van der Waals surface area contributed by atoms with E-state index in [1.54, 1.807) is 13.0 Å². The number of carbonyl (C=O) groups excluding carboxylic acids is 1. The van der Waals surface area contributed by atoms with Crippen molar-refractivity contribution in [1.29, 1.82) is 0 Å². The van der Waals surface area contributed by atoms with E-state index in [0.717, 1.165) is 5.69 Å². The van der Waals surface area contributed by atoms with Crippen LogP contribution < -0.4 is 5.32 Å². The predicted octanol–water partition coefficient (Wildman–Crippen LogP) is 1.01. The minimum absolute atomic E-state index is 0.0176. The first-order chi connectivity index (χ1) is 5.72. The number of carbonyl (C=O) groups is 1. The molecule has 1 N–H and O–H groups in total. The number of amides is 1. The molecule has 0 aliphatic heterocycles. The molecular weight excluding hydrogens is 156 g/mol. The number of aromatic nitrogens is 1. The molecule has 0 aromatic carbocycles. The van der Waals surface area contributed by atoms with Gasteiger partial charge in [0.2, 0.25) is 5.91 Å². The molecule has 1 heterocycles. The summed E-state index contributed by atoms with van der Waals surface area (Å²) in [6, 6.07) is 1.80. The van der Waals surface area contributed by atoms with Crippen LogP contribution in [0.2, 0.25) is 0 Å². The van der Waals surface area contributed by atoms with Crippen molar-refractivity contribution in [3.05, 3.63) is 17.5 Å². The van der Waals surface area contributed by atoms with Crippen LogP contribution in [0.25, 0.3) is 0 Å². The zero-order valence-electron chi connectivity index (χ0n) is 7.26. The minimum Gasteiger partial charge on any atom is -0.359 e. The van der Waals surface area contributed by atoms with Crippen LogP contribution in [0.5, 0.6) is 0 Å². The lowest BCUT2D eigenvalue weighted by Gasteiger charge is -1.97. The maximum absolute atomic E-state index is 10.8. The molecule has 1 aromatic heterocycles. The fourth-order valence-electron chi connectivity index (χ4n) is 0.810. The van der Waals surface area contributed by atoms with E-state index in [9.17, 15) is 4.79 Å². The molecule has 0 unspecified atom stereocenters. The molecule has 0 aliphatic carbocycles. The monoisotopic (exact) mass is 168 g/mol. The average Bonchev–Trinajstić information content (AvgIpc) is 2.47. The Morgan fingerprint density at radius 2 is 2.50 bits per heavy atom. The summed E-state index contributed by atoms with van der Waals surface area (Å²) in [6.07, 6.45) is 0.493.